The monoisotopic (exact) mass is 341 g/mol. The van der Waals surface area contributed by atoms with Gasteiger partial charge < -0.3 is 9.63 Å². The summed E-state index contributed by atoms with van der Waals surface area (Å²) in [5.41, 5.74) is 5.23. The number of aromatic hydroxyl groups is 1. The first-order valence-corrected chi connectivity index (χ1v) is 8.68. The second-order valence-electron chi connectivity index (χ2n) is 6.23. The number of rotatable bonds is 5. The van der Waals surface area contributed by atoms with Gasteiger partial charge in [0.1, 0.15) is 17.2 Å². The topological polar surface area (TPSA) is 46.3 Å². The predicted molar refractivity (Wildman–Crippen MR) is 103 cm³/mol. The second kappa shape index (κ2) is 7.28. The number of phenols is 1. The second-order valence-corrected chi connectivity index (χ2v) is 6.23. The lowest BCUT2D eigenvalue weighted by atomic mass is 9.96. The van der Waals surface area contributed by atoms with Crippen molar-refractivity contribution < 1.29 is 9.63 Å². The van der Waals surface area contributed by atoms with Crippen molar-refractivity contribution in [2.75, 3.05) is 0 Å². The molecule has 1 N–H and O–H groups in total. The van der Waals surface area contributed by atoms with Gasteiger partial charge in [0.25, 0.3) is 0 Å². The van der Waals surface area contributed by atoms with Crippen LogP contribution in [0, 0.1) is 0 Å². The highest BCUT2D eigenvalue weighted by atomic mass is 16.5. The van der Waals surface area contributed by atoms with Gasteiger partial charge in [-0.25, -0.2) is 0 Å². The zero-order valence-corrected chi connectivity index (χ0v) is 14.3. The van der Waals surface area contributed by atoms with Crippen LogP contribution in [0.25, 0.3) is 22.4 Å². The zero-order valence-electron chi connectivity index (χ0n) is 14.3. The minimum Gasteiger partial charge on any atom is -0.508 e. The van der Waals surface area contributed by atoms with Gasteiger partial charge >= 0.3 is 0 Å². The Labute approximate surface area is 152 Å². The van der Waals surface area contributed by atoms with Crippen molar-refractivity contribution in [3.8, 4) is 28.1 Å². The van der Waals surface area contributed by atoms with Crippen molar-refractivity contribution in [3.05, 3.63) is 96.3 Å². The highest BCUT2D eigenvalue weighted by molar-refractivity contribution is 5.82. The predicted octanol–water partition coefficient (Wildman–Crippen LogP) is 5.50. The molecule has 0 radical (unpaired) electrons. The Bertz CT molecular complexity index is 974. The van der Waals surface area contributed by atoms with Crippen molar-refractivity contribution in [3.63, 3.8) is 0 Å². The Morgan fingerprint density at radius 2 is 1.31 bits per heavy atom. The molecule has 4 rings (SSSR count). The van der Waals surface area contributed by atoms with E-state index in [1.807, 2.05) is 60.7 Å². The largest absolute Gasteiger partial charge is 0.508 e. The van der Waals surface area contributed by atoms with Gasteiger partial charge in [-0.15, -0.1) is 0 Å². The van der Waals surface area contributed by atoms with Crippen LogP contribution in [-0.4, -0.2) is 10.3 Å². The first-order chi connectivity index (χ1) is 12.8. The summed E-state index contributed by atoms with van der Waals surface area (Å²) in [7, 11) is 0. The molecule has 0 aliphatic rings. The standard InChI is InChI=1S/C23H19NO2/c25-20-14-11-17(12-15-20)13-16-21-22(18-7-3-1-4-8-18)23(24-26-21)19-9-5-2-6-10-19/h1-12,14-15,25H,13,16H2. The van der Waals surface area contributed by atoms with Gasteiger partial charge in [0.05, 0.1) is 5.56 Å². The number of aromatic nitrogens is 1. The van der Waals surface area contributed by atoms with E-state index in [0.29, 0.717) is 0 Å². The molecule has 0 atom stereocenters. The normalized spacial score (nSPS) is 10.8. The number of phenolic OH excluding ortho intramolecular Hbond substituents is 1. The van der Waals surface area contributed by atoms with Crippen molar-refractivity contribution in [1.82, 2.24) is 5.16 Å². The van der Waals surface area contributed by atoms with E-state index in [4.69, 9.17) is 4.52 Å². The molecule has 4 aromatic rings. The van der Waals surface area contributed by atoms with Crippen LogP contribution >= 0.6 is 0 Å². The van der Waals surface area contributed by atoms with E-state index in [0.717, 1.165) is 46.5 Å². The molecule has 3 aromatic carbocycles. The van der Waals surface area contributed by atoms with Crippen molar-refractivity contribution in [1.29, 1.82) is 0 Å². The van der Waals surface area contributed by atoms with Crippen LogP contribution in [0.1, 0.15) is 11.3 Å². The number of aryl methyl sites for hydroxylation is 2. The quantitative estimate of drug-likeness (QED) is 0.521. The van der Waals surface area contributed by atoms with Gasteiger partial charge in [0.15, 0.2) is 0 Å². The summed E-state index contributed by atoms with van der Waals surface area (Å²) in [5, 5.41) is 13.8. The molecule has 1 aromatic heterocycles. The van der Waals surface area contributed by atoms with Crippen LogP contribution < -0.4 is 0 Å². The lowest BCUT2D eigenvalue weighted by molar-refractivity contribution is 0.386. The van der Waals surface area contributed by atoms with Crippen LogP contribution in [0.2, 0.25) is 0 Å². The molecule has 0 aliphatic heterocycles. The fraction of sp³-hybridized carbons (Fsp3) is 0.0870. The van der Waals surface area contributed by atoms with Crippen molar-refractivity contribution in [2.45, 2.75) is 12.8 Å². The van der Waals surface area contributed by atoms with E-state index in [-0.39, 0.29) is 5.75 Å². The van der Waals surface area contributed by atoms with Crippen molar-refractivity contribution in [2.24, 2.45) is 0 Å². The van der Waals surface area contributed by atoms with Gasteiger partial charge in [-0.05, 0) is 29.7 Å². The summed E-state index contributed by atoms with van der Waals surface area (Å²) in [6.45, 7) is 0. The maximum Gasteiger partial charge on any atom is 0.145 e. The molecular formula is C23H19NO2. The SMILES string of the molecule is Oc1ccc(CCc2onc(-c3ccccc3)c2-c2ccccc2)cc1. The van der Waals surface area contributed by atoms with Gasteiger partial charge in [-0.1, -0.05) is 78.0 Å². The first-order valence-electron chi connectivity index (χ1n) is 8.68. The van der Waals surface area contributed by atoms with Crippen LogP contribution in [0.15, 0.2) is 89.5 Å². The maximum atomic E-state index is 9.44. The minimum absolute atomic E-state index is 0.282. The number of nitrogens with zero attached hydrogens (tertiary/aromatic N) is 1. The van der Waals surface area contributed by atoms with Crippen molar-refractivity contribution >= 4 is 0 Å². The number of hydrogen-bond acceptors (Lipinski definition) is 3. The van der Waals surface area contributed by atoms with Gasteiger partial charge in [-0.2, -0.15) is 0 Å². The molecule has 0 amide bonds. The van der Waals surface area contributed by atoms with Crippen LogP contribution in [0.3, 0.4) is 0 Å². The average molecular weight is 341 g/mol. The fourth-order valence-electron chi connectivity index (χ4n) is 3.11. The lowest BCUT2D eigenvalue weighted by Crippen LogP contribution is -1.92. The highest BCUT2D eigenvalue weighted by Gasteiger charge is 2.18. The molecule has 3 nitrogen and oxygen atoms in total. The average Bonchev–Trinajstić information content (AvgIpc) is 3.13. The molecule has 0 aliphatic carbocycles. The first kappa shape index (κ1) is 16.2. The van der Waals surface area contributed by atoms with E-state index < -0.39 is 0 Å². The minimum atomic E-state index is 0.282. The molecule has 0 saturated heterocycles. The maximum absolute atomic E-state index is 9.44. The van der Waals surface area contributed by atoms with E-state index >= 15 is 0 Å². The molecule has 1 heterocycles. The molecule has 0 spiro atoms. The Morgan fingerprint density at radius 1 is 0.692 bits per heavy atom. The number of hydrogen-bond donors (Lipinski definition) is 1. The molecule has 0 unspecified atom stereocenters. The van der Waals surface area contributed by atoms with E-state index in [1.165, 1.54) is 0 Å². The zero-order chi connectivity index (χ0) is 17.8. The van der Waals surface area contributed by atoms with Crippen LogP contribution in [0.5, 0.6) is 5.75 Å². The molecule has 128 valence electrons. The summed E-state index contributed by atoms with van der Waals surface area (Å²) in [5.74, 6) is 1.16. The molecule has 26 heavy (non-hydrogen) atoms. The van der Waals surface area contributed by atoms with E-state index in [9.17, 15) is 5.11 Å². The Morgan fingerprint density at radius 3 is 1.96 bits per heavy atom. The third-order valence-corrected chi connectivity index (χ3v) is 4.45. The van der Waals surface area contributed by atoms with E-state index in [1.54, 1.807) is 12.1 Å². The summed E-state index contributed by atoms with van der Waals surface area (Å²) < 4.78 is 5.75. The molecule has 0 fully saturated rings. The highest BCUT2D eigenvalue weighted by Crippen LogP contribution is 2.35. The Balaban J connectivity index is 1.70. The molecule has 0 bridgehead atoms. The van der Waals surface area contributed by atoms with Crippen LogP contribution in [0.4, 0.5) is 0 Å². The van der Waals surface area contributed by atoms with Gasteiger partial charge in [0, 0.05) is 12.0 Å². The van der Waals surface area contributed by atoms with Crippen LogP contribution in [-0.2, 0) is 12.8 Å². The summed E-state index contributed by atoms with van der Waals surface area (Å²) >= 11 is 0. The van der Waals surface area contributed by atoms with Gasteiger partial charge in [0.2, 0.25) is 0 Å². The summed E-state index contributed by atoms with van der Waals surface area (Å²) in [4.78, 5) is 0. The number of benzene rings is 3. The third-order valence-electron chi connectivity index (χ3n) is 4.45. The van der Waals surface area contributed by atoms with Gasteiger partial charge in [-0.3, -0.25) is 0 Å². The Kier molecular flexibility index (Phi) is 4.52. The third kappa shape index (κ3) is 3.38. The lowest BCUT2D eigenvalue weighted by Gasteiger charge is -2.05. The molecular weight excluding hydrogens is 322 g/mol. The summed E-state index contributed by atoms with van der Waals surface area (Å²) in [6, 6.07) is 27.6. The smallest absolute Gasteiger partial charge is 0.145 e. The summed E-state index contributed by atoms with van der Waals surface area (Å²) in [6.07, 6.45) is 1.57. The Hall–Kier alpha value is -3.33. The molecule has 3 heteroatoms. The molecule has 0 saturated carbocycles. The van der Waals surface area contributed by atoms with E-state index in [2.05, 4.69) is 17.3 Å². The fourth-order valence-corrected chi connectivity index (χ4v) is 3.11.